The molecule has 0 N–H and O–H groups in total. The predicted octanol–water partition coefficient (Wildman–Crippen LogP) is 3.15. The molecule has 0 aliphatic carbocycles. The highest BCUT2D eigenvalue weighted by atomic mass is 16.6. The molecule has 8 heteroatoms. The maximum atomic E-state index is 13.4. The molecule has 4 rings (SSSR count). The van der Waals surface area contributed by atoms with Gasteiger partial charge >= 0.3 is 6.09 Å². The summed E-state index contributed by atoms with van der Waals surface area (Å²) in [5, 5.41) is 6.38. The molecule has 0 aromatic heterocycles. The van der Waals surface area contributed by atoms with Gasteiger partial charge in [-0.25, -0.2) is 9.80 Å². The van der Waals surface area contributed by atoms with Crippen LogP contribution < -0.4 is 4.74 Å². The molecule has 1 atom stereocenters. The van der Waals surface area contributed by atoms with Gasteiger partial charge in [0.1, 0.15) is 5.75 Å². The van der Waals surface area contributed by atoms with Crippen LogP contribution in [0.25, 0.3) is 0 Å². The maximum absolute atomic E-state index is 13.4. The van der Waals surface area contributed by atoms with Gasteiger partial charge in [0, 0.05) is 32.6 Å². The highest BCUT2D eigenvalue weighted by Gasteiger charge is 2.34. The first kappa shape index (κ1) is 22.8. The van der Waals surface area contributed by atoms with E-state index >= 15 is 0 Å². The van der Waals surface area contributed by atoms with Crippen molar-refractivity contribution >= 4 is 17.7 Å². The molecule has 2 aromatic rings. The second-order valence-electron chi connectivity index (χ2n) is 8.11. The molecule has 1 saturated heterocycles. The monoisotopic (exact) mass is 450 g/mol. The van der Waals surface area contributed by atoms with Gasteiger partial charge in [-0.2, -0.15) is 5.10 Å². The predicted molar refractivity (Wildman–Crippen MR) is 125 cm³/mol. The molecule has 0 bridgehead atoms. The Balaban J connectivity index is 1.47. The summed E-state index contributed by atoms with van der Waals surface area (Å²) in [6.45, 7) is 4.77. The minimum absolute atomic E-state index is 0.0497. The molecule has 2 aromatic carbocycles. The average Bonchev–Trinajstić information content (AvgIpc) is 3.31. The summed E-state index contributed by atoms with van der Waals surface area (Å²) in [6, 6.07) is 17.6. The third kappa shape index (κ3) is 5.34. The first-order chi connectivity index (χ1) is 16.1. The number of hydrogen-bond donors (Lipinski definition) is 0. The van der Waals surface area contributed by atoms with Crippen molar-refractivity contribution in [3.05, 3.63) is 65.7 Å². The van der Waals surface area contributed by atoms with Crippen LogP contribution in [0.3, 0.4) is 0 Å². The number of hydrogen-bond acceptors (Lipinski definition) is 6. The lowest BCUT2D eigenvalue weighted by Crippen LogP contribution is -2.51. The number of rotatable bonds is 6. The first-order valence-electron chi connectivity index (χ1n) is 11.3. The van der Waals surface area contributed by atoms with Crippen LogP contribution in [-0.4, -0.2) is 79.0 Å². The Bertz CT molecular complexity index is 985. The van der Waals surface area contributed by atoms with Gasteiger partial charge in [-0.15, -0.1) is 0 Å². The van der Waals surface area contributed by atoms with Gasteiger partial charge in [-0.1, -0.05) is 42.5 Å². The zero-order chi connectivity index (χ0) is 23.2. The quantitative estimate of drug-likeness (QED) is 0.676. The summed E-state index contributed by atoms with van der Waals surface area (Å²) in [5.41, 5.74) is 2.94. The normalized spacial score (nSPS) is 18.7. The van der Waals surface area contributed by atoms with Gasteiger partial charge in [0.05, 0.1) is 32.0 Å². The number of benzene rings is 2. The first-order valence-corrected chi connectivity index (χ1v) is 11.3. The van der Waals surface area contributed by atoms with Gasteiger partial charge in [-0.05, 0) is 30.2 Å². The topological polar surface area (TPSA) is 74.7 Å². The second-order valence-corrected chi connectivity index (χ2v) is 8.11. The number of nitrogens with zero attached hydrogens (tertiary/aromatic N) is 4. The number of carbonyl (C=O) groups is 2. The lowest BCUT2D eigenvalue weighted by atomic mass is 9.98. The van der Waals surface area contributed by atoms with E-state index < -0.39 is 0 Å². The van der Waals surface area contributed by atoms with E-state index in [-0.39, 0.29) is 24.6 Å². The summed E-state index contributed by atoms with van der Waals surface area (Å²) < 4.78 is 10.4. The Morgan fingerprint density at radius 2 is 1.70 bits per heavy atom. The molecule has 8 nitrogen and oxygen atoms in total. The highest BCUT2D eigenvalue weighted by molar-refractivity contribution is 6.03. The molecule has 2 amide bonds. The molecule has 2 heterocycles. The summed E-state index contributed by atoms with van der Waals surface area (Å²) in [6.07, 6.45) is 0.360. The zero-order valence-corrected chi connectivity index (χ0v) is 19.1. The molecule has 1 fully saturated rings. The van der Waals surface area contributed by atoms with Crippen LogP contribution >= 0.6 is 0 Å². The minimum atomic E-state index is -0.292. The van der Waals surface area contributed by atoms with E-state index in [9.17, 15) is 9.59 Å². The van der Waals surface area contributed by atoms with Crippen molar-refractivity contribution in [3.8, 4) is 5.75 Å². The smallest absolute Gasteiger partial charge is 0.409 e. The lowest BCUT2D eigenvalue weighted by Gasteiger charge is -2.34. The fourth-order valence-corrected chi connectivity index (χ4v) is 4.20. The Hall–Kier alpha value is -3.39. The van der Waals surface area contributed by atoms with E-state index in [1.807, 2.05) is 54.6 Å². The van der Waals surface area contributed by atoms with Crippen LogP contribution in [0.2, 0.25) is 0 Å². The molecule has 174 valence electrons. The third-order valence-corrected chi connectivity index (χ3v) is 6.03. The second kappa shape index (κ2) is 10.5. The van der Waals surface area contributed by atoms with Crippen LogP contribution in [0, 0.1) is 0 Å². The van der Waals surface area contributed by atoms with E-state index in [2.05, 4.69) is 4.90 Å². The van der Waals surface area contributed by atoms with Crippen LogP contribution in [0.1, 0.15) is 30.5 Å². The summed E-state index contributed by atoms with van der Waals surface area (Å²) in [7, 11) is 1.64. The van der Waals surface area contributed by atoms with Gasteiger partial charge in [0.15, 0.2) is 0 Å². The zero-order valence-electron chi connectivity index (χ0n) is 19.1. The van der Waals surface area contributed by atoms with Crippen molar-refractivity contribution in [1.82, 2.24) is 14.8 Å². The van der Waals surface area contributed by atoms with Crippen molar-refractivity contribution in [2.45, 2.75) is 19.4 Å². The van der Waals surface area contributed by atoms with Crippen molar-refractivity contribution in [1.29, 1.82) is 0 Å². The number of piperazine rings is 1. The van der Waals surface area contributed by atoms with Crippen LogP contribution in [0.5, 0.6) is 5.75 Å². The Morgan fingerprint density at radius 3 is 2.33 bits per heavy atom. The van der Waals surface area contributed by atoms with Crippen molar-refractivity contribution in [3.63, 3.8) is 0 Å². The van der Waals surface area contributed by atoms with Crippen molar-refractivity contribution in [2.75, 3.05) is 46.4 Å². The standard InChI is InChI=1S/C25H30N4O4/c1-3-33-25(31)28-15-13-27(14-16-28)18-24(30)29-23(20-9-11-21(32-2)12-10-20)17-22(26-29)19-7-5-4-6-8-19/h4-12,23H,3,13-18H2,1-2H3. The molecular weight excluding hydrogens is 420 g/mol. The molecule has 2 aliphatic rings. The SMILES string of the molecule is CCOC(=O)N1CCN(CC(=O)N2N=C(c3ccccc3)CC2c2ccc(OC)cc2)CC1. The van der Waals surface area contributed by atoms with Crippen molar-refractivity contribution in [2.24, 2.45) is 5.10 Å². The fourth-order valence-electron chi connectivity index (χ4n) is 4.20. The lowest BCUT2D eigenvalue weighted by molar-refractivity contribution is -0.134. The fraction of sp³-hybridized carbons (Fsp3) is 0.400. The highest BCUT2D eigenvalue weighted by Crippen LogP contribution is 2.33. The van der Waals surface area contributed by atoms with Gasteiger partial charge in [0.25, 0.3) is 5.91 Å². The number of ether oxygens (including phenoxy) is 2. The number of carbonyl (C=O) groups excluding carboxylic acids is 2. The van der Waals surface area contributed by atoms with Gasteiger partial charge in [0.2, 0.25) is 0 Å². The minimum Gasteiger partial charge on any atom is -0.497 e. The maximum Gasteiger partial charge on any atom is 0.409 e. The summed E-state index contributed by atoms with van der Waals surface area (Å²) in [4.78, 5) is 29.1. The van der Waals surface area contributed by atoms with Crippen molar-refractivity contribution < 1.29 is 19.1 Å². The van der Waals surface area contributed by atoms with E-state index in [4.69, 9.17) is 14.6 Å². The summed E-state index contributed by atoms with van der Waals surface area (Å²) in [5.74, 6) is 0.727. The Kier molecular flexibility index (Phi) is 7.24. The van der Waals surface area contributed by atoms with Gasteiger partial charge in [-0.3, -0.25) is 9.69 Å². The Morgan fingerprint density at radius 1 is 1.00 bits per heavy atom. The Labute approximate surface area is 194 Å². The molecule has 0 saturated carbocycles. The van der Waals surface area contributed by atoms with E-state index in [1.54, 1.807) is 23.9 Å². The van der Waals surface area contributed by atoms with E-state index in [0.29, 0.717) is 39.2 Å². The average molecular weight is 451 g/mol. The largest absolute Gasteiger partial charge is 0.497 e. The van der Waals surface area contributed by atoms with E-state index in [1.165, 1.54) is 0 Å². The van der Waals surface area contributed by atoms with E-state index in [0.717, 1.165) is 22.6 Å². The molecule has 2 aliphatic heterocycles. The number of hydrazone groups is 1. The number of amides is 2. The van der Waals surface area contributed by atoms with Gasteiger partial charge < -0.3 is 14.4 Å². The molecular formula is C25H30N4O4. The van der Waals surface area contributed by atoms with Crippen LogP contribution in [0.15, 0.2) is 59.7 Å². The molecule has 1 unspecified atom stereocenters. The molecule has 0 spiro atoms. The van der Waals surface area contributed by atoms with Crippen LogP contribution in [0.4, 0.5) is 4.79 Å². The van der Waals surface area contributed by atoms with Crippen LogP contribution in [-0.2, 0) is 9.53 Å². The molecule has 33 heavy (non-hydrogen) atoms. The number of methoxy groups -OCH3 is 1. The summed E-state index contributed by atoms with van der Waals surface area (Å²) >= 11 is 0. The molecule has 0 radical (unpaired) electrons. The third-order valence-electron chi connectivity index (χ3n) is 6.03.